The van der Waals surface area contributed by atoms with Crippen molar-refractivity contribution in [3.8, 4) is 5.75 Å². The number of halogens is 7. The van der Waals surface area contributed by atoms with E-state index in [0.717, 1.165) is 7.11 Å². The number of alkyl halides is 7. The van der Waals surface area contributed by atoms with Crippen LogP contribution in [0.2, 0.25) is 0 Å². The summed E-state index contributed by atoms with van der Waals surface area (Å²) in [5.41, 5.74) is -2.29. The highest BCUT2D eigenvalue weighted by atomic mass is 19.4. The van der Waals surface area contributed by atoms with Crippen LogP contribution in [0.15, 0.2) is 18.2 Å². The number of ether oxygens (including phenoxy) is 1. The van der Waals surface area contributed by atoms with E-state index in [1.54, 1.807) is 0 Å². The van der Waals surface area contributed by atoms with Crippen molar-refractivity contribution in [2.45, 2.75) is 31.0 Å². The van der Waals surface area contributed by atoms with Crippen LogP contribution >= 0.6 is 0 Å². The average molecular weight is 362 g/mol. The zero-order chi connectivity index (χ0) is 18.9. The summed E-state index contributed by atoms with van der Waals surface area (Å²) >= 11 is 0. The van der Waals surface area contributed by atoms with Crippen molar-refractivity contribution in [2.75, 3.05) is 12.4 Å². The van der Waals surface area contributed by atoms with Crippen molar-refractivity contribution in [2.24, 2.45) is 5.73 Å². The van der Waals surface area contributed by atoms with Gasteiger partial charge in [0.2, 0.25) is 5.91 Å². The topological polar surface area (TPSA) is 64.3 Å². The summed E-state index contributed by atoms with van der Waals surface area (Å²) in [6.07, 6.45) is -12.5. The lowest BCUT2D eigenvalue weighted by Crippen LogP contribution is -2.50. The maximum atomic E-state index is 14.0. The van der Waals surface area contributed by atoms with Crippen LogP contribution in [-0.2, 0) is 10.5 Å². The first-order chi connectivity index (χ1) is 10.8. The Morgan fingerprint density at radius 3 is 2.00 bits per heavy atom. The summed E-state index contributed by atoms with van der Waals surface area (Å²) in [6.45, 7) is 1.30. The van der Waals surface area contributed by atoms with Gasteiger partial charge in [-0.25, -0.2) is 4.39 Å². The summed E-state index contributed by atoms with van der Waals surface area (Å²) in [6, 6.07) is 0.151. The predicted molar refractivity (Wildman–Crippen MR) is 70.2 cm³/mol. The van der Waals surface area contributed by atoms with E-state index in [1.165, 1.54) is 6.92 Å². The molecule has 0 radical (unpaired) electrons. The van der Waals surface area contributed by atoms with Crippen molar-refractivity contribution in [1.29, 1.82) is 0 Å². The highest BCUT2D eigenvalue weighted by molar-refractivity contribution is 5.95. The molecule has 0 saturated heterocycles. The van der Waals surface area contributed by atoms with Gasteiger partial charge >= 0.3 is 18.0 Å². The predicted octanol–water partition coefficient (Wildman–Crippen LogP) is 3.27. The Bertz CT molecular complexity index is 597. The quantitative estimate of drug-likeness (QED) is 0.808. The molecule has 0 aliphatic heterocycles. The number of hydrogen-bond acceptors (Lipinski definition) is 3. The molecule has 0 bridgehead atoms. The molecule has 0 aromatic heterocycles. The Labute approximate surface area is 131 Å². The molecule has 1 aromatic rings. The molecule has 0 aliphatic rings. The number of amides is 1. The van der Waals surface area contributed by atoms with Gasteiger partial charge in [0.05, 0.1) is 18.8 Å². The Balaban J connectivity index is 3.43. The fourth-order valence-electron chi connectivity index (χ4n) is 1.74. The Kier molecular flexibility index (Phi) is 5.38. The number of carbonyl (C=O) groups is 1. The first-order valence-electron chi connectivity index (χ1n) is 6.33. The van der Waals surface area contributed by atoms with Gasteiger partial charge in [-0.2, -0.15) is 26.3 Å². The third kappa shape index (κ3) is 3.55. The van der Waals surface area contributed by atoms with E-state index in [4.69, 9.17) is 5.73 Å². The summed E-state index contributed by atoms with van der Waals surface area (Å²) in [5.74, 6) is -1.35. The molecule has 4 nitrogen and oxygen atoms in total. The first kappa shape index (κ1) is 20.0. The fourth-order valence-corrected chi connectivity index (χ4v) is 1.74. The number of benzene rings is 1. The maximum absolute atomic E-state index is 14.0. The molecule has 11 heteroatoms. The van der Waals surface area contributed by atoms with Crippen LogP contribution in [0.3, 0.4) is 0 Å². The van der Waals surface area contributed by atoms with Crippen molar-refractivity contribution in [3.63, 3.8) is 0 Å². The zero-order valence-corrected chi connectivity index (χ0v) is 12.3. The second-order valence-corrected chi connectivity index (χ2v) is 4.85. The van der Waals surface area contributed by atoms with Gasteiger partial charge in [-0.1, -0.05) is 6.07 Å². The van der Waals surface area contributed by atoms with E-state index < -0.39 is 41.3 Å². The van der Waals surface area contributed by atoms with Crippen LogP contribution < -0.4 is 15.8 Å². The number of rotatable bonds is 4. The van der Waals surface area contributed by atoms with Gasteiger partial charge in [0.1, 0.15) is 5.75 Å². The molecule has 1 aromatic carbocycles. The van der Waals surface area contributed by atoms with Crippen LogP contribution in [0.1, 0.15) is 12.5 Å². The van der Waals surface area contributed by atoms with Crippen molar-refractivity contribution < 1.29 is 40.3 Å². The maximum Gasteiger partial charge on any atom is 0.435 e. The van der Waals surface area contributed by atoms with E-state index in [2.05, 4.69) is 10.1 Å². The van der Waals surface area contributed by atoms with Gasteiger partial charge in [-0.15, -0.1) is 0 Å². The average Bonchev–Trinajstić information content (AvgIpc) is 2.44. The smallest absolute Gasteiger partial charge is 0.435 e. The number of nitrogens with one attached hydrogen (secondary N) is 1. The summed E-state index contributed by atoms with van der Waals surface area (Å²) in [4.78, 5) is 11.5. The number of carbonyl (C=O) groups excluding carboxylic acids is 1. The van der Waals surface area contributed by atoms with Crippen LogP contribution in [0.25, 0.3) is 0 Å². The first-order valence-corrected chi connectivity index (χ1v) is 6.33. The second-order valence-electron chi connectivity index (χ2n) is 4.85. The highest BCUT2D eigenvalue weighted by Crippen LogP contribution is 2.54. The summed E-state index contributed by atoms with van der Waals surface area (Å²) in [7, 11) is 0.932. The third-order valence-electron chi connectivity index (χ3n) is 3.05. The summed E-state index contributed by atoms with van der Waals surface area (Å²) in [5, 5.41) is 2.14. The van der Waals surface area contributed by atoms with Gasteiger partial charge in [-0.3, -0.25) is 4.79 Å². The van der Waals surface area contributed by atoms with Crippen LogP contribution in [0.5, 0.6) is 5.75 Å². The number of nitrogens with two attached hydrogens (primary N) is 1. The van der Waals surface area contributed by atoms with Gasteiger partial charge < -0.3 is 15.8 Å². The van der Waals surface area contributed by atoms with Gasteiger partial charge in [0.15, 0.2) is 0 Å². The molecule has 1 rings (SSSR count). The number of methoxy groups -OCH3 is 1. The SMILES string of the molecule is COc1cc(C(F)(C(F)(F)F)C(F)(F)F)ccc1NC(=O)C(C)N. The van der Waals surface area contributed by atoms with Crippen LogP contribution in [-0.4, -0.2) is 31.4 Å². The van der Waals surface area contributed by atoms with Crippen molar-refractivity contribution in [1.82, 2.24) is 0 Å². The van der Waals surface area contributed by atoms with E-state index in [0.29, 0.717) is 6.07 Å². The molecule has 0 aliphatic carbocycles. The van der Waals surface area contributed by atoms with E-state index in [1.807, 2.05) is 0 Å². The van der Waals surface area contributed by atoms with Gasteiger partial charge in [0, 0.05) is 5.56 Å². The van der Waals surface area contributed by atoms with Crippen LogP contribution in [0, 0.1) is 0 Å². The van der Waals surface area contributed by atoms with Crippen molar-refractivity contribution in [3.05, 3.63) is 23.8 Å². The molecule has 1 unspecified atom stereocenters. The number of anilines is 1. The molecular weight excluding hydrogens is 349 g/mol. The third-order valence-corrected chi connectivity index (χ3v) is 3.05. The molecule has 3 N–H and O–H groups in total. The fraction of sp³-hybridized carbons (Fsp3) is 0.462. The molecule has 0 fully saturated rings. The van der Waals surface area contributed by atoms with Crippen molar-refractivity contribution >= 4 is 11.6 Å². The number of hydrogen-bond donors (Lipinski definition) is 2. The minimum absolute atomic E-state index is 0.220. The van der Waals surface area contributed by atoms with E-state index in [-0.39, 0.29) is 17.8 Å². The Morgan fingerprint density at radius 1 is 1.12 bits per heavy atom. The molecule has 0 saturated carbocycles. The van der Waals surface area contributed by atoms with E-state index in [9.17, 15) is 35.5 Å². The van der Waals surface area contributed by atoms with Gasteiger partial charge in [-0.05, 0) is 19.1 Å². The molecule has 24 heavy (non-hydrogen) atoms. The Morgan fingerprint density at radius 2 is 1.62 bits per heavy atom. The van der Waals surface area contributed by atoms with E-state index >= 15 is 0 Å². The zero-order valence-electron chi connectivity index (χ0n) is 12.3. The summed E-state index contributed by atoms with van der Waals surface area (Å²) < 4.78 is 94.9. The highest BCUT2D eigenvalue weighted by Gasteiger charge is 2.73. The monoisotopic (exact) mass is 362 g/mol. The molecule has 0 spiro atoms. The minimum atomic E-state index is -6.24. The minimum Gasteiger partial charge on any atom is -0.495 e. The second kappa shape index (κ2) is 6.46. The van der Waals surface area contributed by atoms with Gasteiger partial charge in [0.25, 0.3) is 0 Å². The molecule has 1 atom stereocenters. The lowest BCUT2D eigenvalue weighted by atomic mass is 9.93. The largest absolute Gasteiger partial charge is 0.495 e. The lowest BCUT2D eigenvalue weighted by Gasteiger charge is -2.30. The Hall–Kier alpha value is -2.04. The standard InChI is InChI=1S/C13H13F7N2O2/c1-6(21)10(23)22-8-4-3-7(5-9(8)24-2)11(14,12(15,16)17)13(18,19)20/h3-6H,21H2,1-2H3,(H,22,23). The van der Waals surface area contributed by atoms with Crippen LogP contribution in [0.4, 0.5) is 36.4 Å². The molecule has 136 valence electrons. The normalized spacial score (nSPS) is 14.2. The molecule has 1 amide bonds. The molecule has 0 heterocycles. The molecular formula is C13H13F7N2O2. The lowest BCUT2D eigenvalue weighted by molar-refractivity contribution is -0.348.